The van der Waals surface area contributed by atoms with E-state index in [0.29, 0.717) is 24.0 Å². The smallest absolute Gasteiger partial charge is 0.192 e. The van der Waals surface area contributed by atoms with Crippen LogP contribution in [-0.2, 0) is 13.6 Å². The number of hydrogen-bond acceptors (Lipinski definition) is 3. The Bertz CT molecular complexity index is 1070. The normalized spacial score (nSPS) is 37.4. The van der Waals surface area contributed by atoms with E-state index in [-0.39, 0.29) is 33.1 Å². The van der Waals surface area contributed by atoms with Gasteiger partial charge in [-0.1, -0.05) is 84.8 Å². The molecule has 0 saturated heterocycles. The maximum atomic E-state index is 13.1. The molecule has 5 heteroatoms. The van der Waals surface area contributed by atoms with Crippen LogP contribution in [0.1, 0.15) is 94.4 Å². The molecule has 0 aliphatic heterocycles. The van der Waals surface area contributed by atoms with Gasteiger partial charge in [0.15, 0.2) is 22.4 Å². The summed E-state index contributed by atoms with van der Waals surface area (Å²) in [6, 6.07) is 0. The van der Waals surface area contributed by atoms with Crippen LogP contribution in [0, 0.1) is 22.7 Å². The fourth-order valence-electron chi connectivity index (χ4n) is 7.56. The molecule has 3 nitrogen and oxygen atoms in total. The maximum absolute atomic E-state index is 13.1. The third-order valence-corrected chi connectivity index (χ3v) is 21.1. The van der Waals surface area contributed by atoms with Crippen LogP contribution in [0.25, 0.3) is 0 Å². The first-order valence-electron chi connectivity index (χ1n) is 15.2. The molecule has 4 aliphatic carbocycles. The van der Waals surface area contributed by atoms with E-state index in [1.54, 1.807) is 0 Å². The number of allylic oxidation sites excluding steroid dienone is 5. The second-order valence-electron chi connectivity index (χ2n) is 16.3. The molecule has 4 rings (SSSR count). The first kappa shape index (κ1) is 30.2. The Hall–Kier alpha value is -0.756. The van der Waals surface area contributed by atoms with Crippen molar-refractivity contribution in [1.82, 2.24) is 0 Å². The van der Waals surface area contributed by atoms with Crippen LogP contribution in [-0.4, -0.2) is 34.6 Å². The monoisotopic (exact) mass is 556 g/mol. The largest absolute Gasteiger partial charge is 0.414 e. The van der Waals surface area contributed by atoms with Crippen molar-refractivity contribution in [2.45, 2.75) is 143 Å². The van der Waals surface area contributed by atoms with E-state index in [0.717, 1.165) is 31.3 Å². The van der Waals surface area contributed by atoms with Crippen molar-refractivity contribution in [2.24, 2.45) is 22.7 Å². The second-order valence-corrected chi connectivity index (χ2v) is 25.9. The first-order valence-corrected chi connectivity index (χ1v) is 21.0. The molecule has 0 radical (unpaired) electrons. The quantitative estimate of drug-likeness (QED) is 0.255. The van der Waals surface area contributed by atoms with Gasteiger partial charge in [0.1, 0.15) is 0 Å². The number of hydrogen-bond donors (Lipinski definition) is 0. The van der Waals surface area contributed by atoms with Crippen LogP contribution >= 0.6 is 0 Å². The fraction of sp³-hybridized carbons (Fsp3) is 0.788. The van der Waals surface area contributed by atoms with Crippen molar-refractivity contribution in [3.8, 4) is 0 Å². The molecular formula is C33H56O3Si2. The van der Waals surface area contributed by atoms with E-state index in [1.165, 1.54) is 11.1 Å². The van der Waals surface area contributed by atoms with Gasteiger partial charge in [0.2, 0.25) is 0 Å². The van der Waals surface area contributed by atoms with E-state index in [2.05, 4.69) is 99.8 Å². The summed E-state index contributed by atoms with van der Waals surface area (Å²) in [6.07, 6.45) is 12.1. The minimum absolute atomic E-state index is 0.0195. The van der Waals surface area contributed by atoms with Crippen molar-refractivity contribution in [3.05, 3.63) is 34.9 Å². The molecule has 0 aromatic carbocycles. The van der Waals surface area contributed by atoms with Gasteiger partial charge in [0, 0.05) is 17.3 Å². The Labute approximate surface area is 236 Å². The van der Waals surface area contributed by atoms with Gasteiger partial charge < -0.3 is 8.85 Å². The number of ketones is 1. The Morgan fingerprint density at radius 1 is 0.895 bits per heavy atom. The predicted octanol–water partition coefficient (Wildman–Crippen LogP) is 9.39. The fourth-order valence-corrected chi connectivity index (χ4v) is 10.3. The Morgan fingerprint density at radius 3 is 2.03 bits per heavy atom. The average Bonchev–Trinajstić information content (AvgIpc) is 3.02. The molecule has 3 fully saturated rings. The predicted molar refractivity (Wildman–Crippen MR) is 165 cm³/mol. The molecule has 0 heterocycles. The van der Waals surface area contributed by atoms with Crippen molar-refractivity contribution in [2.75, 3.05) is 0 Å². The van der Waals surface area contributed by atoms with Crippen LogP contribution in [0.4, 0.5) is 0 Å². The van der Waals surface area contributed by atoms with Crippen molar-refractivity contribution in [3.63, 3.8) is 0 Å². The zero-order valence-corrected chi connectivity index (χ0v) is 28.8. The summed E-state index contributed by atoms with van der Waals surface area (Å²) in [5.74, 6) is 1.12. The highest BCUT2D eigenvalue weighted by atomic mass is 28.4. The number of carbonyl (C=O) groups excluding carboxylic acids is 1. The van der Waals surface area contributed by atoms with E-state index in [9.17, 15) is 4.79 Å². The lowest BCUT2D eigenvalue weighted by molar-refractivity contribution is -0.114. The van der Waals surface area contributed by atoms with Gasteiger partial charge in [-0.25, -0.2) is 0 Å². The second kappa shape index (κ2) is 9.39. The van der Waals surface area contributed by atoms with Crippen molar-refractivity contribution < 1.29 is 13.6 Å². The molecule has 3 saturated carbocycles. The molecule has 0 aromatic heterocycles. The van der Waals surface area contributed by atoms with E-state index in [1.807, 2.05) is 6.92 Å². The lowest BCUT2D eigenvalue weighted by Gasteiger charge is -2.59. The third-order valence-electron chi connectivity index (χ3n) is 12.1. The van der Waals surface area contributed by atoms with Gasteiger partial charge in [0.05, 0.1) is 12.2 Å². The molecule has 0 amide bonds. The Kier molecular flexibility index (Phi) is 7.46. The summed E-state index contributed by atoms with van der Waals surface area (Å²) in [6.45, 7) is 30.6. The van der Waals surface area contributed by atoms with E-state index in [4.69, 9.17) is 8.85 Å². The van der Waals surface area contributed by atoms with Crippen molar-refractivity contribution in [1.29, 1.82) is 0 Å². The van der Waals surface area contributed by atoms with Gasteiger partial charge >= 0.3 is 0 Å². The SMILES string of the molecule is C/C=C1/C(=O)C[C@H]2C3=CC=C4C[C@@H](O[Si](C)(C)C(C)(C)C)C[C@H](O[Si](C)(C)C(C)(C)C)[C@]4(C)[C@H]3CC[C@]12C. The number of carbonyl (C=O) groups is 1. The molecule has 0 aromatic rings. The van der Waals surface area contributed by atoms with E-state index >= 15 is 0 Å². The van der Waals surface area contributed by atoms with Gasteiger partial charge in [0.25, 0.3) is 0 Å². The molecule has 38 heavy (non-hydrogen) atoms. The summed E-state index contributed by atoms with van der Waals surface area (Å²) in [5.41, 5.74) is 4.04. The lowest BCUT2D eigenvalue weighted by Crippen LogP contribution is -2.58. The maximum Gasteiger partial charge on any atom is 0.192 e. The van der Waals surface area contributed by atoms with E-state index < -0.39 is 16.6 Å². The van der Waals surface area contributed by atoms with Crippen LogP contribution in [0.5, 0.6) is 0 Å². The topological polar surface area (TPSA) is 35.5 Å². The van der Waals surface area contributed by atoms with Crippen LogP contribution in [0.15, 0.2) is 34.9 Å². The first-order chi connectivity index (χ1) is 17.2. The summed E-state index contributed by atoms with van der Waals surface area (Å²) < 4.78 is 14.5. The number of Topliss-reactive ketones (excluding diaryl/α,β-unsaturated/α-hetero) is 1. The third kappa shape index (κ3) is 4.65. The molecule has 0 N–H and O–H groups in total. The highest BCUT2D eigenvalue weighted by Gasteiger charge is 2.60. The van der Waals surface area contributed by atoms with Crippen LogP contribution in [0.3, 0.4) is 0 Å². The molecule has 0 spiro atoms. The lowest BCUT2D eigenvalue weighted by atomic mass is 9.50. The van der Waals surface area contributed by atoms with Crippen LogP contribution < -0.4 is 0 Å². The van der Waals surface area contributed by atoms with Gasteiger partial charge in [-0.3, -0.25) is 4.79 Å². The zero-order chi connectivity index (χ0) is 28.7. The molecule has 4 aliphatic rings. The standard InChI is InChI=1S/C33H56O3Si2/c1-14-25-28(34)21-27-24-16-15-22-19-23(35-37(10,11)30(2,3)4)20-29(36-38(12,13)31(5,6)7)33(22,9)26(24)17-18-32(25,27)8/h14-16,23,26-27,29H,17-21H2,1-13H3/b25-14-/t23-,26+,27+,29+,32-,33+/m1/s1. The van der Waals surface area contributed by atoms with Crippen molar-refractivity contribution >= 4 is 22.4 Å². The summed E-state index contributed by atoms with van der Waals surface area (Å²) in [4.78, 5) is 13.1. The minimum Gasteiger partial charge on any atom is -0.414 e. The number of rotatable bonds is 4. The van der Waals surface area contributed by atoms with Gasteiger partial charge in [-0.2, -0.15) is 0 Å². The highest BCUT2D eigenvalue weighted by Crippen LogP contribution is 2.65. The molecule has 214 valence electrons. The van der Waals surface area contributed by atoms with Gasteiger partial charge in [-0.05, 0) is 86.3 Å². The Morgan fingerprint density at radius 2 is 1.47 bits per heavy atom. The summed E-state index contributed by atoms with van der Waals surface area (Å²) in [5, 5.41) is 0.336. The average molecular weight is 557 g/mol. The molecular weight excluding hydrogens is 501 g/mol. The number of fused-ring (bicyclic) bond motifs is 5. The minimum atomic E-state index is -2.02. The molecule has 0 unspecified atom stereocenters. The highest BCUT2D eigenvalue weighted by molar-refractivity contribution is 6.74. The van der Waals surface area contributed by atoms with Gasteiger partial charge in [-0.15, -0.1) is 0 Å². The van der Waals surface area contributed by atoms with Crippen LogP contribution in [0.2, 0.25) is 36.3 Å². The zero-order valence-electron chi connectivity index (χ0n) is 26.8. The Balaban J connectivity index is 1.77. The molecule has 6 atom stereocenters. The summed E-state index contributed by atoms with van der Waals surface area (Å²) in [7, 11) is -3.93. The molecule has 0 bridgehead atoms. The summed E-state index contributed by atoms with van der Waals surface area (Å²) >= 11 is 0.